The Morgan fingerprint density at radius 1 is 1.40 bits per heavy atom. The number of ether oxygens (including phenoxy) is 1. The topological polar surface area (TPSA) is 29.5 Å². The Balaban J connectivity index is 2.86. The molecule has 0 unspecified atom stereocenters. The van der Waals surface area contributed by atoms with E-state index in [4.69, 9.17) is 4.74 Å². The molecule has 0 aliphatic heterocycles. The normalized spacial score (nSPS) is 11.3. The van der Waals surface area contributed by atoms with Crippen LogP contribution in [-0.4, -0.2) is 23.1 Å². The fourth-order valence-electron chi connectivity index (χ4n) is 1.70. The second-order valence-corrected chi connectivity index (χ2v) is 6.80. The number of hydrogen-bond donors (Lipinski definition) is 0. The third-order valence-electron chi connectivity index (χ3n) is 2.51. The van der Waals surface area contributed by atoms with E-state index < -0.39 is 5.60 Å². The van der Waals surface area contributed by atoms with Crippen molar-refractivity contribution in [3.05, 3.63) is 33.1 Å². The van der Waals surface area contributed by atoms with Gasteiger partial charge in [-0.05, 0) is 73.5 Å². The van der Waals surface area contributed by atoms with Crippen LogP contribution in [0.4, 0.5) is 9.18 Å². The van der Waals surface area contributed by atoms with E-state index in [0.717, 1.165) is 15.6 Å². The predicted octanol–water partition coefficient (Wildman–Crippen LogP) is 4.58. The number of nitrogens with zero attached hydrogens (tertiary/aromatic N) is 1. The zero-order valence-electron chi connectivity index (χ0n) is 12.4. The monoisotopic (exact) mass is 393 g/mol. The van der Waals surface area contributed by atoms with Crippen molar-refractivity contribution in [1.82, 2.24) is 4.90 Å². The van der Waals surface area contributed by atoms with Crippen molar-refractivity contribution in [1.29, 1.82) is 0 Å². The van der Waals surface area contributed by atoms with Crippen LogP contribution < -0.4 is 0 Å². The number of benzene rings is 1. The smallest absolute Gasteiger partial charge is 0.410 e. The number of rotatable bonds is 4. The zero-order chi connectivity index (χ0) is 15.3. The molecule has 20 heavy (non-hydrogen) atoms. The second kappa shape index (κ2) is 7.24. The van der Waals surface area contributed by atoms with Gasteiger partial charge in [-0.3, -0.25) is 0 Å². The molecule has 0 saturated carbocycles. The van der Waals surface area contributed by atoms with Crippen molar-refractivity contribution >= 4 is 28.7 Å². The van der Waals surface area contributed by atoms with E-state index in [2.05, 4.69) is 22.6 Å². The second-order valence-electron chi connectivity index (χ2n) is 5.64. The van der Waals surface area contributed by atoms with E-state index in [-0.39, 0.29) is 11.9 Å². The van der Waals surface area contributed by atoms with Crippen LogP contribution in [0.15, 0.2) is 18.2 Å². The highest BCUT2D eigenvalue weighted by molar-refractivity contribution is 14.1. The van der Waals surface area contributed by atoms with Gasteiger partial charge in [0.05, 0.1) is 6.54 Å². The highest BCUT2D eigenvalue weighted by atomic mass is 127. The number of amides is 1. The first-order valence-electron chi connectivity index (χ1n) is 6.65. The summed E-state index contributed by atoms with van der Waals surface area (Å²) in [5, 5.41) is 0. The van der Waals surface area contributed by atoms with E-state index in [0.29, 0.717) is 13.1 Å². The summed E-state index contributed by atoms with van der Waals surface area (Å²) in [6.07, 6.45) is 0.463. The van der Waals surface area contributed by atoms with Gasteiger partial charge < -0.3 is 9.64 Å². The maximum Gasteiger partial charge on any atom is 0.410 e. The van der Waals surface area contributed by atoms with Crippen molar-refractivity contribution in [2.24, 2.45) is 0 Å². The van der Waals surface area contributed by atoms with E-state index in [9.17, 15) is 9.18 Å². The van der Waals surface area contributed by atoms with Crippen LogP contribution >= 0.6 is 22.6 Å². The average molecular weight is 393 g/mol. The molecule has 0 aliphatic carbocycles. The minimum atomic E-state index is -0.530. The molecule has 1 amide bonds. The lowest BCUT2D eigenvalue weighted by atomic mass is 10.2. The molecule has 112 valence electrons. The molecule has 0 radical (unpaired) electrons. The van der Waals surface area contributed by atoms with Gasteiger partial charge in [0.1, 0.15) is 11.4 Å². The molecular formula is C15H21FINO2. The lowest BCUT2D eigenvalue weighted by molar-refractivity contribution is 0.0233. The van der Waals surface area contributed by atoms with Crippen LogP contribution in [0.1, 0.15) is 39.7 Å². The summed E-state index contributed by atoms with van der Waals surface area (Å²) in [5.74, 6) is -0.291. The van der Waals surface area contributed by atoms with Gasteiger partial charge in [-0.25, -0.2) is 9.18 Å². The van der Waals surface area contributed by atoms with Crippen molar-refractivity contribution < 1.29 is 13.9 Å². The van der Waals surface area contributed by atoms with E-state index in [1.165, 1.54) is 12.1 Å². The molecule has 1 aromatic carbocycles. The third kappa shape index (κ3) is 5.64. The van der Waals surface area contributed by atoms with Gasteiger partial charge in [-0.15, -0.1) is 0 Å². The minimum Gasteiger partial charge on any atom is -0.444 e. The van der Waals surface area contributed by atoms with E-state index >= 15 is 0 Å². The summed E-state index contributed by atoms with van der Waals surface area (Å²) >= 11 is 2.15. The largest absolute Gasteiger partial charge is 0.444 e. The quantitative estimate of drug-likeness (QED) is 0.701. The molecule has 0 spiro atoms. The molecule has 0 aliphatic rings. The molecule has 3 nitrogen and oxygen atoms in total. The molecule has 0 heterocycles. The summed E-state index contributed by atoms with van der Waals surface area (Å²) in [4.78, 5) is 13.8. The first-order valence-corrected chi connectivity index (χ1v) is 7.72. The van der Waals surface area contributed by atoms with Crippen LogP contribution in [0.3, 0.4) is 0 Å². The third-order valence-corrected chi connectivity index (χ3v) is 3.57. The van der Waals surface area contributed by atoms with Gasteiger partial charge in [-0.2, -0.15) is 0 Å². The van der Waals surface area contributed by atoms with Crippen LogP contribution in [-0.2, 0) is 11.3 Å². The fraction of sp³-hybridized carbons (Fsp3) is 0.533. The molecule has 1 aromatic rings. The summed E-state index contributed by atoms with van der Waals surface area (Å²) in [6.45, 7) is 8.44. The van der Waals surface area contributed by atoms with Gasteiger partial charge in [0, 0.05) is 10.1 Å². The lowest BCUT2D eigenvalue weighted by Gasteiger charge is -2.27. The van der Waals surface area contributed by atoms with Crippen molar-refractivity contribution in [2.75, 3.05) is 6.54 Å². The van der Waals surface area contributed by atoms with Crippen LogP contribution in [0, 0.1) is 9.39 Å². The Labute approximate surface area is 133 Å². The van der Waals surface area contributed by atoms with Crippen molar-refractivity contribution in [2.45, 2.75) is 46.3 Å². The van der Waals surface area contributed by atoms with Gasteiger partial charge >= 0.3 is 6.09 Å². The molecule has 5 heteroatoms. The number of carbonyl (C=O) groups is 1. The lowest BCUT2D eigenvalue weighted by Crippen LogP contribution is -2.37. The fourth-order valence-corrected chi connectivity index (χ4v) is 2.21. The molecule has 0 aromatic heterocycles. The Morgan fingerprint density at radius 2 is 2.05 bits per heavy atom. The molecular weight excluding hydrogens is 372 g/mol. The Bertz CT molecular complexity index is 471. The van der Waals surface area contributed by atoms with Gasteiger partial charge in [-0.1, -0.05) is 6.92 Å². The first kappa shape index (κ1) is 17.2. The minimum absolute atomic E-state index is 0.291. The maximum atomic E-state index is 13.3. The summed E-state index contributed by atoms with van der Waals surface area (Å²) in [5.41, 5.74) is 0.267. The molecule has 0 fully saturated rings. The predicted molar refractivity (Wildman–Crippen MR) is 86.1 cm³/mol. The molecule has 0 saturated heterocycles. The SMILES string of the molecule is CCCN(Cc1cc(F)ccc1I)C(=O)OC(C)(C)C. The number of carbonyl (C=O) groups excluding carboxylic acids is 1. The van der Waals surface area contributed by atoms with Crippen molar-refractivity contribution in [3.8, 4) is 0 Å². The van der Waals surface area contributed by atoms with Crippen LogP contribution in [0.2, 0.25) is 0 Å². The summed E-state index contributed by atoms with van der Waals surface area (Å²) in [7, 11) is 0. The van der Waals surface area contributed by atoms with Crippen LogP contribution in [0.5, 0.6) is 0 Å². The number of hydrogen-bond acceptors (Lipinski definition) is 2. The van der Waals surface area contributed by atoms with Gasteiger partial charge in [0.15, 0.2) is 0 Å². The van der Waals surface area contributed by atoms with Crippen molar-refractivity contribution in [3.63, 3.8) is 0 Å². The van der Waals surface area contributed by atoms with Gasteiger partial charge in [0.2, 0.25) is 0 Å². The molecule has 0 bridgehead atoms. The van der Waals surface area contributed by atoms with E-state index in [1.54, 1.807) is 11.0 Å². The maximum absolute atomic E-state index is 13.3. The first-order chi connectivity index (χ1) is 9.23. The average Bonchev–Trinajstić information content (AvgIpc) is 2.31. The zero-order valence-corrected chi connectivity index (χ0v) is 14.5. The summed E-state index contributed by atoms with van der Waals surface area (Å²) < 4.78 is 19.6. The molecule has 1 rings (SSSR count). The van der Waals surface area contributed by atoms with Crippen LogP contribution in [0.25, 0.3) is 0 Å². The molecule has 0 N–H and O–H groups in total. The highest BCUT2D eigenvalue weighted by Gasteiger charge is 2.22. The Morgan fingerprint density at radius 3 is 2.60 bits per heavy atom. The Kier molecular flexibility index (Phi) is 6.23. The summed E-state index contributed by atoms with van der Waals surface area (Å²) in [6, 6.07) is 4.60. The van der Waals surface area contributed by atoms with E-state index in [1.807, 2.05) is 27.7 Å². The van der Waals surface area contributed by atoms with Gasteiger partial charge in [0.25, 0.3) is 0 Å². The molecule has 0 atom stereocenters. The Hall–Kier alpha value is -0.850. The standard InChI is InChI=1S/C15H21FINO2/c1-5-8-18(14(19)20-15(2,3)4)10-11-9-12(16)6-7-13(11)17/h6-7,9H,5,8,10H2,1-4H3. The number of halogens is 2. The highest BCUT2D eigenvalue weighted by Crippen LogP contribution is 2.18.